The average Bonchev–Trinajstić information content (AvgIpc) is 2.90. The predicted molar refractivity (Wildman–Crippen MR) is 106 cm³/mol. The minimum atomic E-state index is -0.0912. The standard InChI is InChI=1S/C21H24N4O/c1-14-9-8-10-15(2)20(14)22-13-19(26)23-21-16(3)24-25(17(21)4)18-11-6-5-7-12-18/h5-12,22H,13H2,1-4H3,(H,23,26). The van der Waals surface area contributed by atoms with Crippen LogP contribution in [0.3, 0.4) is 0 Å². The predicted octanol–water partition coefficient (Wildman–Crippen LogP) is 4.16. The Kier molecular flexibility index (Phi) is 5.07. The van der Waals surface area contributed by atoms with Crippen LogP contribution in [0.25, 0.3) is 5.69 Å². The molecule has 0 aliphatic heterocycles. The lowest BCUT2D eigenvalue weighted by Gasteiger charge is -2.13. The molecule has 1 aromatic heterocycles. The van der Waals surface area contributed by atoms with Gasteiger partial charge in [-0.1, -0.05) is 36.4 Å². The maximum atomic E-state index is 12.4. The number of amides is 1. The zero-order chi connectivity index (χ0) is 18.7. The van der Waals surface area contributed by atoms with Gasteiger partial charge >= 0.3 is 0 Å². The van der Waals surface area contributed by atoms with Gasteiger partial charge in [-0.15, -0.1) is 0 Å². The lowest BCUT2D eigenvalue weighted by Crippen LogP contribution is -2.23. The quantitative estimate of drug-likeness (QED) is 0.728. The Hall–Kier alpha value is -3.08. The first-order chi connectivity index (χ1) is 12.5. The molecule has 1 amide bonds. The topological polar surface area (TPSA) is 59.0 Å². The third kappa shape index (κ3) is 3.61. The normalized spacial score (nSPS) is 10.6. The molecule has 0 aliphatic rings. The van der Waals surface area contributed by atoms with Crippen LogP contribution in [0.1, 0.15) is 22.5 Å². The summed E-state index contributed by atoms with van der Waals surface area (Å²) in [6.45, 7) is 8.14. The molecule has 2 aromatic carbocycles. The number of nitrogens with one attached hydrogen (secondary N) is 2. The summed E-state index contributed by atoms with van der Waals surface area (Å²) in [7, 11) is 0. The van der Waals surface area contributed by atoms with E-state index in [4.69, 9.17) is 0 Å². The molecule has 0 radical (unpaired) electrons. The van der Waals surface area contributed by atoms with Gasteiger partial charge in [0.25, 0.3) is 0 Å². The molecular weight excluding hydrogens is 324 g/mol. The second kappa shape index (κ2) is 7.44. The Labute approximate surface area is 154 Å². The number of benzene rings is 2. The monoisotopic (exact) mass is 348 g/mol. The number of hydrogen-bond acceptors (Lipinski definition) is 3. The molecule has 0 atom stereocenters. The minimum Gasteiger partial charge on any atom is -0.376 e. The number of aromatic nitrogens is 2. The Bertz CT molecular complexity index is 908. The van der Waals surface area contributed by atoms with E-state index in [-0.39, 0.29) is 12.5 Å². The van der Waals surface area contributed by atoms with Gasteiger partial charge in [-0.2, -0.15) is 5.10 Å². The largest absolute Gasteiger partial charge is 0.376 e. The molecule has 2 N–H and O–H groups in total. The highest BCUT2D eigenvalue weighted by Gasteiger charge is 2.15. The molecule has 0 saturated carbocycles. The van der Waals surface area contributed by atoms with Crippen molar-refractivity contribution in [3.8, 4) is 5.69 Å². The first-order valence-corrected chi connectivity index (χ1v) is 8.69. The van der Waals surface area contributed by atoms with Crippen LogP contribution in [0.5, 0.6) is 0 Å². The molecule has 3 rings (SSSR count). The fourth-order valence-corrected chi connectivity index (χ4v) is 3.09. The zero-order valence-corrected chi connectivity index (χ0v) is 15.6. The van der Waals surface area contributed by atoms with Gasteiger partial charge in [-0.3, -0.25) is 4.79 Å². The van der Waals surface area contributed by atoms with Crippen molar-refractivity contribution >= 4 is 17.3 Å². The highest BCUT2D eigenvalue weighted by molar-refractivity contribution is 5.95. The van der Waals surface area contributed by atoms with Crippen molar-refractivity contribution in [2.75, 3.05) is 17.2 Å². The molecular formula is C21H24N4O. The van der Waals surface area contributed by atoms with Gasteiger partial charge in [-0.05, 0) is 51.0 Å². The van der Waals surface area contributed by atoms with Crippen molar-refractivity contribution in [3.63, 3.8) is 0 Å². The SMILES string of the molecule is Cc1cccc(C)c1NCC(=O)Nc1c(C)nn(-c2ccccc2)c1C. The third-order valence-corrected chi connectivity index (χ3v) is 4.46. The van der Waals surface area contributed by atoms with Crippen LogP contribution in [0, 0.1) is 27.7 Å². The lowest BCUT2D eigenvalue weighted by molar-refractivity contribution is -0.114. The van der Waals surface area contributed by atoms with Gasteiger partial charge in [0.05, 0.1) is 29.3 Å². The van der Waals surface area contributed by atoms with Gasteiger partial charge in [-0.25, -0.2) is 4.68 Å². The van der Waals surface area contributed by atoms with Crippen LogP contribution in [0.15, 0.2) is 48.5 Å². The molecule has 0 fully saturated rings. The summed E-state index contributed by atoms with van der Waals surface area (Å²) < 4.78 is 1.85. The Balaban J connectivity index is 1.73. The van der Waals surface area contributed by atoms with Crippen molar-refractivity contribution < 1.29 is 4.79 Å². The lowest BCUT2D eigenvalue weighted by atomic mass is 10.1. The molecule has 1 heterocycles. The van der Waals surface area contributed by atoms with E-state index in [9.17, 15) is 4.79 Å². The zero-order valence-electron chi connectivity index (χ0n) is 15.6. The van der Waals surface area contributed by atoms with Crippen molar-refractivity contribution in [1.82, 2.24) is 9.78 Å². The summed E-state index contributed by atoms with van der Waals surface area (Å²) in [5, 5.41) is 10.8. The van der Waals surface area contributed by atoms with E-state index in [1.54, 1.807) is 0 Å². The third-order valence-electron chi connectivity index (χ3n) is 4.46. The fraction of sp³-hybridized carbons (Fsp3) is 0.238. The van der Waals surface area contributed by atoms with E-state index in [1.807, 2.05) is 80.9 Å². The molecule has 5 heteroatoms. The number of carbonyl (C=O) groups is 1. The summed E-state index contributed by atoms with van der Waals surface area (Å²) in [6, 6.07) is 16.0. The summed E-state index contributed by atoms with van der Waals surface area (Å²) in [4.78, 5) is 12.4. The van der Waals surface area contributed by atoms with E-state index in [2.05, 4.69) is 15.7 Å². The molecule has 3 aromatic rings. The van der Waals surface area contributed by atoms with Gasteiger partial charge in [0.15, 0.2) is 0 Å². The van der Waals surface area contributed by atoms with E-state index < -0.39 is 0 Å². The van der Waals surface area contributed by atoms with Crippen molar-refractivity contribution in [2.45, 2.75) is 27.7 Å². The first kappa shape index (κ1) is 17.7. The smallest absolute Gasteiger partial charge is 0.243 e. The van der Waals surface area contributed by atoms with Gasteiger partial charge < -0.3 is 10.6 Å². The van der Waals surface area contributed by atoms with Gasteiger partial charge in [0, 0.05) is 5.69 Å². The fourth-order valence-electron chi connectivity index (χ4n) is 3.09. The van der Waals surface area contributed by atoms with Crippen molar-refractivity contribution in [1.29, 1.82) is 0 Å². The maximum absolute atomic E-state index is 12.4. The molecule has 5 nitrogen and oxygen atoms in total. The molecule has 134 valence electrons. The highest BCUT2D eigenvalue weighted by Crippen LogP contribution is 2.23. The molecule has 0 saturated heterocycles. The number of anilines is 2. The summed E-state index contributed by atoms with van der Waals surface area (Å²) >= 11 is 0. The van der Waals surface area contributed by atoms with Gasteiger partial charge in [0.1, 0.15) is 0 Å². The van der Waals surface area contributed by atoms with Crippen molar-refractivity contribution in [2.24, 2.45) is 0 Å². The highest BCUT2D eigenvalue weighted by atomic mass is 16.1. The maximum Gasteiger partial charge on any atom is 0.243 e. The molecule has 0 spiro atoms. The van der Waals surface area contributed by atoms with Crippen LogP contribution < -0.4 is 10.6 Å². The number of rotatable bonds is 5. The Morgan fingerprint density at radius 3 is 2.23 bits per heavy atom. The molecule has 0 unspecified atom stereocenters. The van der Waals surface area contributed by atoms with Crippen LogP contribution >= 0.6 is 0 Å². The minimum absolute atomic E-state index is 0.0912. The number of nitrogens with zero attached hydrogens (tertiary/aromatic N) is 2. The van der Waals surface area contributed by atoms with E-state index >= 15 is 0 Å². The molecule has 26 heavy (non-hydrogen) atoms. The second-order valence-electron chi connectivity index (χ2n) is 6.46. The van der Waals surface area contributed by atoms with Gasteiger partial charge in [0.2, 0.25) is 5.91 Å². The first-order valence-electron chi connectivity index (χ1n) is 8.69. The summed E-state index contributed by atoms with van der Waals surface area (Å²) in [5.41, 5.74) is 6.71. The molecule has 0 aliphatic carbocycles. The van der Waals surface area contributed by atoms with Crippen LogP contribution in [0.2, 0.25) is 0 Å². The van der Waals surface area contributed by atoms with Crippen LogP contribution in [0.4, 0.5) is 11.4 Å². The Morgan fingerprint density at radius 2 is 1.58 bits per heavy atom. The van der Waals surface area contributed by atoms with E-state index in [0.717, 1.165) is 39.6 Å². The summed E-state index contributed by atoms with van der Waals surface area (Å²) in [5.74, 6) is -0.0912. The summed E-state index contributed by atoms with van der Waals surface area (Å²) in [6.07, 6.45) is 0. The number of hydrogen-bond donors (Lipinski definition) is 2. The average molecular weight is 348 g/mol. The number of para-hydroxylation sites is 2. The molecule has 0 bridgehead atoms. The Morgan fingerprint density at radius 1 is 0.923 bits per heavy atom. The van der Waals surface area contributed by atoms with Crippen LogP contribution in [-0.2, 0) is 4.79 Å². The van der Waals surface area contributed by atoms with E-state index in [1.165, 1.54) is 0 Å². The second-order valence-corrected chi connectivity index (χ2v) is 6.46. The number of aryl methyl sites for hydroxylation is 3. The van der Waals surface area contributed by atoms with Crippen LogP contribution in [-0.4, -0.2) is 22.2 Å². The van der Waals surface area contributed by atoms with E-state index in [0.29, 0.717) is 0 Å². The van der Waals surface area contributed by atoms with Crippen molar-refractivity contribution in [3.05, 3.63) is 71.0 Å². The number of carbonyl (C=O) groups excluding carboxylic acids is 1.